The second-order valence-electron chi connectivity index (χ2n) is 5.92. The molecule has 0 radical (unpaired) electrons. The average Bonchev–Trinajstić information content (AvgIpc) is 3.12. The molecular formula is C18H27IN4O2S2. The van der Waals surface area contributed by atoms with E-state index in [1.54, 1.807) is 24.3 Å². The summed E-state index contributed by atoms with van der Waals surface area (Å²) in [7, 11) is -3.52. The first-order valence-corrected chi connectivity index (χ1v) is 10.9. The van der Waals surface area contributed by atoms with Crippen molar-refractivity contribution in [2.24, 2.45) is 4.99 Å². The van der Waals surface area contributed by atoms with Gasteiger partial charge in [0.25, 0.3) is 0 Å². The molecule has 0 spiro atoms. The Morgan fingerprint density at radius 1 is 1.15 bits per heavy atom. The van der Waals surface area contributed by atoms with E-state index < -0.39 is 10.0 Å². The van der Waals surface area contributed by atoms with Gasteiger partial charge in [0.15, 0.2) is 5.96 Å². The first-order chi connectivity index (χ1) is 12.4. The third-order valence-electron chi connectivity index (χ3n) is 3.69. The summed E-state index contributed by atoms with van der Waals surface area (Å²) in [6.45, 7) is 7.72. The van der Waals surface area contributed by atoms with Crippen LogP contribution in [0.15, 0.2) is 44.9 Å². The molecule has 27 heavy (non-hydrogen) atoms. The lowest BCUT2D eigenvalue weighted by Gasteiger charge is -2.13. The van der Waals surface area contributed by atoms with Crippen LogP contribution in [0.1, 0.15) is 23.6 Å². The fraction of sp³-hybridized carbons (Fsp3) is 0.389. The Kier molecular flexibility index (Phi) is 10.3. The van der Waals surface area contributed by atoms with Gasteiger partial charge in [-0.05, 0) is 60.4 Å². The van der Waals surface area contributed by atoms with Crippen molar-refractivity contribution in [3.05, 3.63) is 51.7 Å². The molecule has 1 heterocycles. The number of rotatable bonds is 8. The highest BCUT2D eigenvalue weighted by Crippen LogP contribution is 2.16. The van der Waals surface area contributed by atoms with E-state index in [4.69, 9.17) is 0 Å². The van der Waals surface area contributed by atoms with Gasteiger partial charge in [-0.2, -0.15) is 11.3 Å². The number of halogens is 1. The molecule has 9 heteroatoms. The minimum atomic E-state index is -3.52. The van der Waals surface area contributed by atoms with Crippen LogP contribution in [0.3, 0.4) is 0 Å². The summed E-state index contributed by atoms with van der Waals surface area (Å²) >= 11 is 1.64. The Morgan fingerprint density at radius 3 is 2.59 bits per heavy atom. The number of aryl methyl sites for hydroxylation is 2. The minimum absolute atomic E-state index is 0. The van der Waals surface area contributed by atoms with Crippen molar-refractivity contribution in [3.8, 4) is 0 Å². The number of benzene rings is 1. The Morgan fingerprint density at radius 2 is 1.93 bits per heavy atom. The number of thiophene rings is 1. The normalized spacial score (nSPS) is 11.7. The Hall–Kier alpha value is -1.17. The van der Waals surface area contributed by atoms with Gasteiger partial charge in [0.2, 0.25) is 10.0 Å². The molecule has 150 valence electrons. The number of hydrogen-bond acceptors (Lipinski definition) is 4. The second-order valence-corrected chi connectivity index (χ2v) is 8.44. The SMILES string of the molecule is CCNC(=NCc1ccsc1)NCCNS(=O)(=O)c1cc(C)ccc1C.I. The van der Waals surface area contributed by atoms with E-state index in [0.29, 0.717) is 23.9 Å². The summed E-state index contributed by atoms with van der Waals surface area (Å²) in [4.78, 5) is 4.83. The van der Waals surface area contributed by atoms with Crippen LogP contribution in [-0.2, 0) is 16.6 Å². The number of sulfonamides is 1. The average molecular weight is 522 g/mol. The highest BCUT2D eigenvalue weighted by Gasteiger charge is 2.16. The molecule has 0 atom stereocenters. The third kappa shape index (κ3) is 7.76. The Balaban J connectivity index is 0.00000364. The number of nitrogens with zero attached hydrogens (tertiary/aromatic N) is 1. The molecule has 0 aliphatic carbocycles. The minimum Gasteiger partial charge on any atom is -0.357 e. The van der Waals surface area contributed by atoms with Crippen molar-refractivity contribution in [1.29, 1.82) is 0 Å². The first-order valence-electron chi connectivity index (χ1n) is 8.52. The van der Waals surface area contributed by atoms with E-state index >= 15 is 0 Å². The summed E-state index contributed by atoms with van der Waals surface area (Å²) < 4.78 is 27.6. The maximum Gasteiger partial charge on any atom is 0.240 e. The lowest BCUT2D eigenvalue weighted by Crippen LogP contribution is -2.41. The molecule has 0 aliphatic rings. The van der Waals surface area contributed by atoms with Gasteiger partial charge in [-0.25, -0.2) is 18.1 Å². The standard InChI is InChI=1S/C18H26N4O2S2.HI/c1-4-19-18(21-12-16-7-10-25-13-16)20-8-9-22-26(23,24)17-11-14(2)5-6-15(17)3;/h5-7,10-11,13,22H,4,8-9,12H2,1-3H3,(H2,19,20,21);1H. The van der Waals surface area contributed by atoms with E-state index in [2.05, 4.69) is 25.7 Å². The summed E-state index contributed by atoms with van der Waals surface area (Å²) in [6.07, 6.45) is 0. The van der Waals surface area contributed by atoms with Gasteiger partial charge in [-0.1, -0.05) is 12.1 Å². The van der Waals surface area contributed by atoms with Gasteiger partial charge in [-0.15, -0.1) is 24.0 Å². The zero-order valence-corrected chi connectivity index (χ0v) is 19.7. The largest absolute Gasteiger partial charge is 0.357 e. The first kappa shape index (κ1) is 23.9. The molecule has 2 aromatic rings. The Labute approximate surface area is 182 Å². The van der Waals surface area contributed by atoms with Crippen LogP contribution in [0.2, 0.25) is 0 Å². The lowest BCUT2D eigenvalue weighted by molar-refractivity contribution is 0.580. The molecule has 1 aromatic heterocycles. The predicted octanol–water partition coefficient (Wildman–Crippen LogP) is 3.02. The van der Waals surface area contributed by atoms with Gasteiger partial charge in [0.1, 0.15) is 0 Å². The van der Waals surface area contributed by atoms with Crippen LogP contribution < -0.4 is 15.4 Å². The molecule has 0 saturated carbocycles. The van der Waals surface area contributed by atoms with Crippen LogP contribution >= 0.6 is 35.3 Å². The van der Waals surface area contributed by atoms with E-state index in [9.17, 15) is 8.42 Å². The van der Waals surface area contributed by atoms with Crippen LogP contribution in [0.5, 0.6) is 0 Å². The summed E-state index contributed by atoms with van der Waals surface area (Å²) in [5, 5.41) is 10.4. The smallest absolute Gasteiger partial charge is 0.240 e. The summed E-state index contributed by atoms with van der Waals surface area (Å²) in [5.41, 5.74) is 2.81. The van der Waals surface area contributed by atoms with E-state index in [1.165, 1.54) is 0 Å². The van der Waals surface area contributed by atoms with E-state index in [-0.39, 0.29) is 30.5 Å². The second kappa shape index (κ2) is 11.6. The Bertz CT molecular complexity index is 837. The molecule has 2 rings (SSSR count). The van der Waals surface area contributed by atoms with Crippen LogP contribution in [-0.4, -0.2) is 34.0 Å². The molecule has 0 aliphatic heterocycles. The van der Waals surface area contributed by atoms with Crippen LogP contribution in [0, 0.1) is 13.8 Å². The van der Waals surface area contributed by atoms with Crippen molar-refractivity contribution in [3.63, 3.8) is 0 Å². The van der Waals surface area contributed by atoms with Gasteiger partial charge >= 0.3 is 0 Å². The molecule has 0 fully saturated rings. The number of hydrogen-bond donors (Lipinski definition) is 3. The van der Waals surface area contributed by atoms with Gasteiger partial charge in [-0.3, -0.25) is 0 Å². The van der Waals surface area contributed by atoms with Gasteiger partial charge in [0, 0.05) is 19.6 Å². The van der Waals surface area contributed by atoms with Crippen molar-refractivity contribution >= 4 is 51.3 Å². The monoisotopic (exact) mass is 522 g/mol. The summed E-state index contributed by atoms with van der Waals surface area (Å²) in [6, 6.07) is 7.46. The zero-order valence-electron chi connectivity index (χ0n) is 15.8. The molecule has 0 unspecified atom stereocenters. The third-order valence-corrected chi connectivity index (χ3v) is 6.02. The van der Waals surface area contributed by atoms with Crippen molar-refractivity contribution in [2.75, 3.05) is 19.6 Å². The van der Waals surface area contributed by atoms with E-state index in [1.807, 2.05) is 37.4 Å². The summed E-state index contributed by atoms with van der Waals surface area (Å²) in [5.74, 6) is 0.671. The van der Waals surface area contributed by atoms with E-state index in [0.717, 1.165) is 23.2 Å². The lowest BCUT2D eigenvalue weighted by atomic mass is 10.2. The molecule has 1 aromatic carbocycles. The molecule has 6 nitrogen and oxygen atoms in total. The fourth-order valence-corrected chi connectivity index (χ4v) is 4.35. The molecule has 0 amide bonds. The fourth-order valence-electron chi connectivity index (χ4n) is 2.34. The molecule has 0 saturated heterocycles. The van der Waals surface area contributed by atoms with Gasteiger partial charge in [0.05, 0.1) is 11.4 Å². The number of guanidine groups is 1. The van der Waals surface area contributed by atoms with Crippen molar-refractivity contribution < 1.29 is 8.42 Å². The molecular weight excluding hydrogens is 495 g/mol. The highest BCUT2D eigenvalue weighted by molar-refractivity contribution is 14.0. The quantitative estimate of drug-likeness (QED) is 0.216. The highest BCUT2D eigenvalue weighted by atomic mass is 127. The van der Waals surface area contributed by atoms with Crippen molar-refractivity contribution in [1.82, 2.24) is 15.4 Å². The molecule has 0 bridgehead atoms. The van der Waals surface area contributed by atoms with Crippen LogP contribution in [0.25, 0.3) is 0 Å². The van der Waals surface area contributed by atoms with Crippen LogP contribution in [0.4, 0.5) is 0 Å². The maximum absolute atomic E-state index is 12.5. The topological polar surface area (TPSA) is 82.6 Å². The van der Waals surface area contributed by atoms with Gasteiger partial charge < -0.3 is 10.6 Å². The molecule has 3 N–H and O–H groups in total. The van der Waals surface area contributed by atoms with Crippen molar-refractivity contribution in [2.45, 2.75) is 32.2 Å². The zero-order chi connectivity index (χ0) is 19.0. The number of nitrogens with one attached hydrogen (secondary N) is 3. The predicted molar refractivity (Wildman–Crippen MR) is 124 cm³/mol. The maximum atomic E-state index is 12.5. The number of aliphatic imine (C=N–C) groups is 1.